The highest BCUT2D eigenvalue weighted by Gasteiger charge is 2.40. The number of nitrogens with two attached hydrogens (primary N) is 1. The van der Waals surface area contributed by atoms with E-state index in [1.54, 1.807) is 17.0 Å². The first-order chi connectivity index (χ1) is 22.8. The molecular formula is C34H42ClN7O4S. The number of carbonyl (C=O) groups is 3. The number of ether oxygens (including phenoxy) is 1. The van der Waals surface area contributed by atoms with Crippen LogP contribution in [-0.4, -0.2) is 120 Å². The Morgan fingerprint density at radius 1 is 1.06 bits per heavy atom. The average Bonchev–Trinajstić information content (AvgIpc) is 3.56. The SMILES string of the molecule is C#Cc1cc(C[C@@H](OC(=O)N2CCC(N3Cc4ccsc4NC3=O)CC2)C(=O)N2CCN(C3CN4CCC3CC4)CC2)cc(Cl)c1N. The van der Waals surface area contributed by atoms with E-state index in [1.165, 1.54) is 37.3 Å². The highest BCUT2D eigenvalue weighted by molar-refractivity contribution is 7.14. The molecule has 1 aromatic carbocycles. The summed E-state index contributed by atoms with van der Waals surface area (Å²) in [5.74, 6) is 3.08. The van der Waals surface area contributed by atoms with Crippen molar-refractivity contribution in [3.8, 4) is 12.3 Å². The van der Waals surface area contributed by atoms with E-state index in [-0.39, 0.29) is 24.4 Å². The second-order valence-corrected chi connectivity index (χ2v) is 14.7. The van der Waals surface area contributed by atoms with Crippen molar-refractivity contribution in [1.29, 1.82) is 0 Å². The standard InChI is InChI=1S/C34H42ClN7O4S/c1-2-23-17-22(18-27(35)30(23)36)19-29(32(43)40-14-12-39(13-15-40)28-21-38-8-3-24(28)4-9-38)46-34(45)41-10-5-26(6-11-41)42-20-25-7-16-47-31(25)37-33(42)44/h1,7,16-18,24,26,28-29H,3-6,8-15,19-21,36H2,(H,37,44)/t28?,29-/m1/s1. The maximum Gasteiger partial charge on any atom is 0.410 e. The van der Waals surface area contributed by atoms with E-state index in [2.05, 4.69) is 21.0 Å². The minimum Gasteiger partial charge on any atom is -0.436 e. The smallest absolute Gasteiger partial charge is 0.410 e. The summed E-state index contributed by atoms with van der Waals surface area (Å²) in [5, 5.41) is 6.17. The molecule has 5 fully saturated rings. The second-order valence-electron chi connectivity index (χ2n) is 13.4. The van der Waals surface area contributed by atoms with Crippen LogP contribution < -0.4 is 11.1 Å². The lowest BCUT2D eigenvalue weighted by Gasteiger charge is -2.51. The molecule has 2 bridgehead atoms. The van der Waals surface area contributed by atoms with Gasteiger partial charge in [0.2, 0.25) is 0 Å². The van der Waals surface area contributed by atoms with Gasteiger partial charge >= 0.3 is 12.1 Å². The van der Waals surface area contributed by atoms with Gasteiger partial charge in [0.25, 0.3) is 5.91 Å². The lowest BCUT2D eigenvalue weighted by atomic mass is 9.83. The molecular weight excluding hydrogens is 638 g/mol. The molecule has 6 aliphatic rings. The molecule has 13 heteroatoms. The zero-order valence-corrected chi connectivity index (χ0v) is 28.1. The van der Waals surface area contributed by atoms with Gasteiger partial charge in [-0.2, -0.15) is 0 Å². The molecule has 0 saturated carbocycles. The molecule has 3 N–H and O–H groups in total. The molecule has 2 atom stereocenters. The van der Waals surface area contributed by atoms with Crippen molar-refractivity contribution in [3.05, 3.63) is 45.3 Å². The number of amides is 4. The number of carbonyl (C=O) groups excluding carboxylic acids is 3. The molecule has 11 nitrogen and oxygen atoms in total. The number of hydrogen-bond donors (Lipinski definition) is 2. The number of hydrogen-bond acceptors (Lipinski definition) is 8. The van der Waals surface area contributed by atoms with Crippen LogP contribution in [0.25, 0.3) is 0 Å². The number of likely N-dealkylation sites (tertiary alicyclic amines) is 1. The van der Waals surface area contributed by atoms with Crippen LogP contribution >= 0.6 is 22.9 Å². The zero-order valence-electron chi connectivity index (χ0n) is 26.5. The Kier molecular flexibility index (Phi) is 9.24. The molecule has 47 heavy (non-hydrogen) atoms. The Morgan fingerprint density at radius 3 is 2.49 bits per heavy atom. The first kappa shape index (κ1) is 32.1. The number of piperidine rings is 4. The van der Waals surface area contributed by atoms with Gasteiger partial charge in [-0.05, 0) is 73.8 Å². The summed E-state index contributed by atoms with van der Waals surface area (Å²) in [6.45, 7) is 7.72. The fraction of sp³-hybridized carbons (Fsp3) is 0.559. The predicted molar refractivity (Wildman–Crippen MR) is 182 cm³/mol. The molecule has 0 aliphatic carbocycles. The second kappa shape index (κ2) is 13.5. The molecule has 4 amide bonds. The predicted octanol–water partition coefficient (Wildman–Crippen LogP) is 3.76. The van der Waals surface area contributed by atoms with Crippen LogP contribution in [0.2, 0.25) is 5.02 Å². The van der Waals surface area contributed by atoms with Crippen LogP contribution in [0.5, 0.6) is 0 Å². The van der Waals surface area contributed by atoms with Crippen molar-refractivity contribution in [3.63, 3.8) is 0 Å². The number of terminal acetylenes is 1. The van der Waals surface area contributed by atoms with Gasteiger partial charge in [-0.25, -0.2) is 9.59 Å². The van der Waals surface area contributed by atoms with Crippen LogP contribution in [0, 0.1) is 18.3 Å². The topological polar surface area (TPSA) is 115 Å². The van der Waals surface area contributed by atoms with Crippen LogP contribution in [0.4, 0.5) is 20.3 Å². The molecule has 2 aromatic rings. The summed E-state index contributed by atoms with van der Waals surface area (Å²) >= 11 is 7.92. The number of urea groups is 1. The van der Waals surface area contributed by atoms with E-state index in [0.29, 0.717) is 73.4 Å². The highest BCUT2D eigenvalue weighted by Crippen LogP contribution is 2.33. The van der Waals surface area contributed by atoms with Gasteiger partial charge in [-0.1, -0.05) is 17.5 Å². The molecule has 1 aromatic heterocycles. The third kappa shape index (κ3) is 6.64. The van der Waals surface area contributed by atoms with E-state index < -0.39 is 12.2 Å². The number of piperazine rings is 1. The summed E-state index contributed by atoms with van der Waals surface area (Å²) in [6.07, 6.45) is 7.99. The highest BCUT2D eigenvalue weighted by atomic mass is 35.5. The Bertz CT molecular complexity index is 1550. The van der Waals surface area contributed by atoms with Crippen molar-refractivity contribution < 1.29 is 19.1 Å². The third-order valence-electron chi connectivity index (χ3n) is 10.7. The van der Waals surface area contributed by atoms with Gasteiger partial charge in [0.05, 0.1) is 17.3 Å². The van der Waals surface area contributed by atoms with Crippen molar-refractivity contribution in [2.75, 3.05) is 70.0 Å². The van der Waals surface area contributed by atoms with Gasteiger partial charge in [0.15, 0.2) is 6.10 Å². The fourth-order valence-electron chi connectivity index (χ4n) is 7.98. The lowest BCUT2D eigenvalue weighted by molar-refractivity contribution is -0.143. The van der Waals surface area contributed by atoms with Gasteiger partial charge in [-0.15, -0.1) is 17.8 Å². The van der Waals surface area contributed by atoms with Crippen LogP contribution in [0.1, 0.15) is 42.4 Å². The summed E-state index contributed by atoms with van der Waals surface area (Å²) in [6, 6.07) is 5.91. The zero-order chi connectivity index (χ0) is 32.7. The summed E-state index contributed by atoms with van der Waals surface area (Å²) in [5.41, 5.74) is 8.59. The largest absolute Gasteiger partial charge is 0.436 e. The van der Waals surface area contributed by atoms with Crippen LogP contribution in [0.3, 0.4) is 0 Å². The van der Waals surface area contributed by atoms with E-state index in [4.69, 9.17) is 28.5 Å². The van der Waals surface area contributed by atoms with Crippen molar-refractivity contribution in [1.82, 2.24) is 24.5 Å². The van der Waals surface area contributed by atoms with Gasteiger partial charge < -0.3 is 30.1 Å². The monoisotopic (exact) mass is 679 g/mol. The number of rotatable bonds is 6. The summed E-state index contributed by atoms with van der Waals surface area (Å²) < 4.78 is 6.03. The normalized spacial score (nSPS) is 25.6. The van der Waals surface area contributed by atoms with Gasteiger partial charge in [0.1, 0.15) is 5.00 Å². The number of halogens is 1. The molecule has 8 rings (SSSR count). The number of fused-ring (bicyclic) bond motifs is 4. The fourth-order valence-corrected chi connectivity index (χ4v) is 9.02. The van der Waals surface area contributed by atoms with Gasteiger partial charge in [0, 0.05) is 75.4 Å². The number of thiophene rings is 1. The van der Waals surface area contributed by atoms with E-state index >= 15 is 0 Å². The molecule has 0 radical (unpaired) electrons. The van der Waals surface area contributed by atoms with Crippen LogP contribution in [0.15, 0.2) is 23.6 Å². The van der Waals surface area contributed by atoms with E-state index in [9.17, 15) is 14.4 Å². The minimum atomic E-state index is -1.04. The van der Waals surface area contributed by atoms with E-state index in [1.807, 2.05) is 21.2 Å². The number of nitrogen functional groups attached to an aromatic ring is 1. The number of nitrogens with zero attached hydrogens (tertiary/aromatic N) is 5. The average molecular weight is 680 g/mol. The lowest BCUT2D eigenvalue weighted by Crippen LogP contribution is -2.62. The Labute approximate surface area is 284 Å². The van der Waals surface area contributed by atoms with Crippen LogP contribution in [-0.2, 0) is 22.5 Å². The number of anilines is 2. The maximum absolute atomic E-state index is 14.1. The Hall–Kier alpha value is -3.50. The summed E-state index contributed by atoms with van der Waals surface area (Å²) in [7, 11) is 0. The Morgan fingerprint density at radius 2 is 1.81 bits per heavy atom. The molecule has 1 unspecified atom stereocenters. The molecule has 250 valence electrons. The third-order valence-corrected chi connectivity index (χ3v) is 11.9. The quantitative estimate of drug-likeness (QED) is 0.353. The molecule has 5 saturated heterocycles. The number of nitrogens with one attached hydrogen (secondary N) is 1. The van der Waals surface area contributed by atoms with Gasteiger partial charge in [-0.3, -0.25) is 15.0 Å². The van der Waals surface area contributed by atoms with Crippen molar-refractivity contribution >= 4 is 51.7 Å². The molecule has 0 spiro atoms. The van der Waals surface area contributed by atoms with Crippen molar-refractivity contribution in [2.45, 2.75) is 56.8 Å². The molecule has 6 aliphatic heterocycles. The van der Waals surface area contributed by atoms with E-state index in [0.717, 1.165) is 36.1 Å². The van der Waals surface area contributed by atoms with Crippen molar-refractivity contribution in [2.24, 2.45) is 5.92 Å². The first-order valence-corrected chi connectivity index (χ1v) is 17.9. The number of benzene rings is 1. The maximum atomic E-state index is 14.1. The Balaban J connectivity index is 1.01. The first-order valence-electron chi connectivity index (χ1n) is 16.7. The summed E-state index contributed by atoms with van der Waals surface area (Å²) in [4.78, 5) is 50.9. The minimum absolute atomic E-state index is 0.0103. The molecule has 7 heterocycles.